The predicted molar refractivity (Wildman–Crippen MR) is 61.0 cm³/mol. The normalized spacial score (nSPS) is 53.9. The molecule has 3 heteroatoms. The van der Waals surface area contributed by atoms with Crippen LogP contribution in [0.2, 0.25) is 0 Å². The van der Waals surface area contributed by atoms with Crippen LogP contribution in [-0.4, -0.2) is 10.1 Å². The summed E-state index contributed by atoms with van der Waals surface area (Å²) in [5, 5.41) is 0. The van der Waals surface area contributed by atoms with Gasteiger partial charge in [0.2, 0.25) is 0 Å². The molecule has 0 radical (unpaired) electrons. The summed E-state index contributed by atoms with van der Waals surface area (Å²) < 4.78 is -1.12. The highest BCUT2D eigenvalue weighted by Crippen LogP contribution is 2.77. The van der Waals surface area contributed by atoms with Crippen molar-refractivity contribution >= 4 is 29.0 Å². The molecule has 0 saturated heterocycles. The van der Waals surface area contributed by atoms with E-state index in [2.05, 4.69) is 20.8 Å². The molecular formula is C12H16Cl2O. The van der Waals surface area contributed by atoms with E-state index >= 15 is 0 Å². The second-order valence-electron chi connectivity index (χ2n) is 6.32. The van der Waals surface area contributed by atoms with Crippen molar-refractivity contribution in [2.24, 2.45) is 28.6 Å². The Labute approximate surface area is 101 Å². The second kappa shape index (κ2) is 2.41. The Morgan fingerprint density at radius 2 is 1.80 bits per heavy atom. The van der Waals surface area contributed by atoms with E-state index in [-0.39, 0.29) is 17.1 Å². The maximum Gasteiger partial charge on any atom is 0.182 e. The zero-order chi connectivity index (χ0) is 11.2. The Bertz CT molecular complexity index is 361. The predicted octanol–water partition coefficient (Wildman–Crippen LogP) is 3.43. The summed E-state index contributed by atoms with van der Waals surface area (Å²) >= 11 is 12.5. The van der Waals surface area contributed by atoms with Gasteiger partial charge in [-0.3, -0.25) is 4.79 Å². The lowest BCUT2D eigenvalue weighted by Gasteiger charge is -2.73. The third-order valence-electron chi connectivity index (χ3n) is 5.74. The molecule has 2 bridgehead atoms. The van der Waals surface area contributed by atoms with E-state index in [0.29, 0.717) is 17.3 Å². The minimum absolute atomic E-state index is 0.0681. The van der Waals surface area contributed by atoms with Crippen LogP contribution >= 0.6 is 23.2 Å². The maximum absolute atomic E-state index is 11.8. The number of hydrogen-bond donors (Lipinski definition) is 0. The number of alkyl halides is 2. The number of carbonyl (C=O) groups is 1. The number of Topliss-reactive ketones (excluding diaryl/α,β-unsaturated/α-hetero) is 1. The lowest BCUT2D eigenvalue weighted by Crippen LogP contribution is -2.76. The van der Waals surface area contributed by atoms with Crippen molar-refractivity contribution in [1.29, 1.82) is 0 Å². The molecule has 0 spiro atoms. The molecule has 4 aliphatic rings. The van der Waals surface area contributed by atoms with Crippen LogP contribution in [0.15, 0.2) is 0 Å². The van der Waals surface area contributed by atoms with Crippen molar-refractivity contribution in [2.75, 3.05) is 0 Å². The molecule has 0 heterocycles. The molecule has 0 aromatic carbocycles. The Morgan fingerprint density at radius 3 is 2.33 bits per heavy atom. The van der Waals surface area contributed by atoms with Crippen LogP contribution in [0.3, 0.4) is 0 Å². The van der Waals surface area contributed by atoms with Crippen molar-refractivity contribution in [3.63, 3.8) is 0 Å². The van der Waals surface area contributed by atoms with Crippen LogP contribution in [0.4, 0.5) is 0 Å². The molecule has 4 fully saturated rings. The van der Waals surface area contributed by atoms with E-state index < -0.39 is 4.33 Å². The van der Waals surface area contributed by atoms with Gasteiger partial charge < -0.3 is 0 Å². The summed E-state index contributed by atoms with van der Waals surface area (Å²) in [6, 6.07) is 0. The first-order valence-corrected chi connectivity index (χ1v) is 6.41. The highest BCUT2D eigenvalue weighted by atomic mass is 35.5. The zero-order valence-corrected chi connectivity index (χ0v) is 10.8. The molecule has 0 N–H and O–H groups in total. The van der Waals surface area contributed by atoms with Gasteiger partial charge in [0.15, 0.2) is 10.1 Å². The topological polar surface area (TPSA) is 17.1 Å². The smallest absolute Gasteiger partial charge is 0.182 e. The lowest BCUT2D eigenvalue weighted by molar-refractivity contribution is -0.220. The second-order valence-corrected chi connectivity index (χ2v) is 7.64. The van der Waals surface area contributed by atoms with Crippen molar-refractivity contribution in [2.45, 2.75) is 37.9 Å². The standard InChI is InChI=1S/C12H16Cl2O/c1-10(2)6-4-7-9(15)12(13,14)11(7,3)8(10)5-6/h6-8H,4-5H2,1-3H3/t6-,7+,8+,11-/m0/s1. The van der Waals surface area contributed by atoms with E-state index in [1.54, 1.807) is 0 Å². The highest BCUT2D eigenvalue weighted by molar-refractivity contribution is 6.61. The van der Waals surface area contributed by atoms with Gasteiger partial charge in [0.05, 0.1) is 0 Å². The fourth-order valence-corrected chi connectivity index (χ4v) is 5.22. The molecule has 4 saturated carbocycles. The van der Waals surface area contributed by atoms with Gasteiger partial charge >= 0.3 is 0 Å². The summed E-state index contributed by atoms with van der Waals surface area (Å²) in [5.74, 6) is 1.42. The van der Waals surface area contributed by atoms with E-state index in [4.69, 9.17) is 23.2 Å². The van der Waals surface area contributed by atoms with Gasteiger partial charge in [-0.1, -0.05) is 44.0 Å². The molecule has 84 valence electrons. The van der Waals surface area contributed by atoms with Crippen LogP contribution in [0, 0.1) is 28.6 Å². The van der Waals surface area contributed by atoms with E-state index in [1.165, 1.54) is 6.42 Å². The molecule has 0 aliphatic heterocycles. The van der Waals surface area contributed by atoms with Crippen LogP contribution < -0.4 is 0 Å². The number of hydrogen-bond acceptors (Lipinski definition) is 1. The Balaban J connectivity index is 2.05. The van der Waals surface area contributed by atoms with Gasteiger partial charge in [0.1, 0.15) is 0 Å². The monoisotopic (exact) mass is 246 g/mol. The van der Waals surface area contributed by atoms with Crippen molar-refractivity contribution in [3.8, 4) is 0 Å². The Kier molecular flexibility index (Phi) is 1.67. The SMILES string of the molecule is CC1(C)[C@H]2C[C@@H]3C(=O)C(Cl)(Cl)[C@]3(C)[C@@H]1C2. The van der Waals surface area contributed by atoms with Crippen LogP contribution in [0.25, 0.3) is 0 Å². The van der Waals surface area contributed by atoms with Crippen LogP contribution in [-0.2, 0) is 4.79 Å². The van der Waals surface area contributed by atoms with Gasteiger partial charge in [-0.05, 0) is 30.1 Å². The number of rotatable bonds is 0. The van der Waals surface area contributed by atoms with Crippen molar-refractivity contribution in [1.82, 2.24) is 0 Å². The van der Waals surface area contributed by atoms with Gasteiger partial charge in [-0.25, -0.2) is 0 Å². The molecule has 1 nitrogen and oxygen atoms in total. The molecule has 0 aromatic rings. The summed E-state index contributed by atoms with van der Waals surface area (Å²) in [4.78, 5) is 11.8. The first-order valence-electron chi connectivity index (χ1n) is 5.66. The van der Waals surface area contributed by atoms with Gasteiger partial charge in [0.25, 0.3) is 0 Å². The number of ketones is 1. The van der Waals surface area contributed by atoms with Crippen LogP contribution in [0.1, 0.15) is 33.6 Å². The Hall–Kier alpha value is 0.250. The molecule has 4 rings (SSSR count). The lowest BCUT2D eigenvalue weighted by atomic mass is 9.33. The molecule has 4 atom stereocenters. The molecular weight excluding hydrogens is 231 g/mol. The van der Waals surface area contributed by atoms with E-state index in [1.807, 2.05) is 0 Å². The molecule has 0 aromatic heterocycles. The van der Waals surface area contributed by atoms with E-state index in [9.17, 15) is 4.79 Å². The summed E-state index contributed by atoms with van der Waals surface area (Å²) in [5.41, 5.74) is 0.145. The minimum atomic E-state index is -1.12. The van der Waals surface area contributed by atoms with Crippen molar-refractivity contribution in [3.05, 3.63) is 0 Å². The Morgan fingerprint density at radius 1 is 1.20 bits per heavy atom. The number of halogens is 2. The first kappa shape index (κ1) is 10.4. The fourth-order valence-electron chi connectivity index (χ4n) is 4.43. The third kappa shape index (κ3) is 0.814. The summed E-state index contributed by atoms with van der Waals surface area (Å²) in [6.07, 6.45) is 2.20. The van der Waals surface area contributed by atoms with Gasteiger partial charge in [-0.2, -0.15) is 0 Å². The van der Waals surface area contributed by atoms with E-state index in [0.717, 1.165) is 6.42 Å². The quantitative estimate of drug-likeness (QED) is 0.599. The zero-order valence-electron chi connectivity index (χ0n) is 9.31. The van der Waals surface area contributed by atoms with Crippen LogP contribution in [0.5, 0.6) is 0 Å². The van der Waals surface area contributed by atoms with Gasteiger partial charge in [0, 0.05) is 11.3 Å². The van der Waals surface area contributed by atoms with Gasteiger partial charge in [-0.15, -0.1) is 0 Å². The highest BCUT2D eigenvalue weighted by Gasteiger charge is 2.79. The number of carbonyl (C=O) groups excluding carboxylic acids is 1. The van der Waals surface area contributed by atoms with Crippen molar-refractivity contribution < 1.29 is 4.79 Å². The largest absolute Gasteiger partial charge is 0.296 e. The average Bonchev–Trinajstić information content (AvgIpc) is 2.16. The average molecular weight is 247 g/mol. The first-order chi connectivity index (χ1) is 6.74. The maximum atomic E-state index is 11.8. The molecule has 15 heavy (non-hydrogen) atoms. The third-order valence-corrected chi connectivity index (χ3v) is 6.93. The minimum Gasteiger partial charge on any atom is -0.296 e. The summed E-state index contributed by atoms with van der Waals surface area (Å²) in [6.45, 7) is 6.70. The molecule has 4 aliphatic carbocycles. The summed E-state index contributed by atoms with van der Waals surface area (Å²) in [7, 11) is 0. The molecule has 0 unspecified atom stereocenters. The molecule has 0 amide bonds. The fraction of sp³-hybridized carbons (Fsp3) is 0.917.